The van der Waals surface area contributed by atoms with Gasteiger partial charge in [-0.05, 0) is 24.6 Å². The van der Waals surface area contributed by atoms with Crippen LogP contribution in [0.5, 0.6) is 0 Å². The highest BCUT2D eigenvalue weighted by molar-refractivity contribution is 5.92. The minimum Gasteiger partial charge on any atom is -0.467 e. The summed E-state index contributed by atoms with van der Waals surface area (Å²) in [6.07, 6.45) is 1.57. The van der Waals surface area contributed by atoms with Gasteiger partial charge in [0.1, 0.15) is 23.1 Å². The molecule has 2 heterocycles. The number of amides is 1. The predicted octanol–water partition coefficient (Wildman–Crippen LogP) is 2.92. The number of aromatic nitrogens is 2. The van der Waals surface area contributed by atoms with Gasteiger partial charge in [0.15, 0.2) is 0 Å². The lowest BCUT2D eigenvalue weighted by molar-refractivity contribution is 0.0942. The molecule has 24 heavy (non-hydrogen) atoms. The van der Waals surface area contributed by atoms with E-state index in [1.54, 1.807) is 31.4 Å². The number of nitrogens with zero attached hydrogens (tertiary/aromatic N) is 2. The molecule has 0 fully saturated rings. The monoisotopic (exact) mass is 322 g/mol. The van der Waals surface area contributed by atoms with Crippen LogP contribution in [0.15, 0.2) is 59.2 Å². The van der Waals surface area contributed by atoms with Gasteiger partial charge in [-0.25, -0.2) is 9.97 Å². The highest BCUT2D eigenvalue weighted by atomic mass is 16.3. The molecule has 0 atom stereocenters. The first kappa shape index (κ1) is 15.7. The first-order valence-corrected chi connectivity index (χ1v) is 7.65. The van der Waals surface area contributed by atoms with Gasteiger partial charge in [-0.2, -0.15) is 0 Å². The maximum Gasteiger partial charge on any atom is 0.270 e. The van der Waals surface area contributed by atoms with Crippen LogP contribution in [0.2, 0.25) is 0 Å². The maximum absolute atomic E-state index is 12.2. The molecule has 0 aliphatic rings. The van der Waals surface area contributed by atoms with Crippen LogP contribution in [0.25, 0.3) is 0 Å². The predicted molar refractivity (Wildman–Crippen MR) is 90.4 cm³/mol. The summed E-state index contributed by atoms with van der Waals surface area (Å²) in [5.74, 6) is 1.59. The van der Waals surface area contributed by atoms with E-state index in [0.29, 0.717) is 36.2 Å². The van der Waals surface area contributed by atoms with E-state index in [1.165, 1.54) is 0 Å². The molecule has 1 aromatic carbocycles. The second kappa shape index (κ2) is 7.41. The Morgan fingerprint density at radius 1 is 1.08 bits per heavy atom. The molecule has 0 unspecified atom stereocenters. The van der Waals surface area contributed by atoms with Crippen LogP contribution in [0.3, 0.4) is 0 Å². The van der Waals surface area contributed by atoms with Crippen molar-refractivity contribution in [2.75, 3.05) is 5.32 Å². The van der Waals surface area contributed by atoms with Crippen molar-refractivity contribution in [2.45, 2.75) is 20.0 Å². The summed E-state index contributed by atoms with van der Waals surface area (Å²) in [6.45, 7) is 2.71. The Kier molecular flexibility index (Phi) is 4.86. The third kappa shape index (κ3) is 4.19. The van der Waals surface area contributed by atoms with Gasteiger partial charge in [0.25, 0.3) is 5.91 Å². The zero-order valence-electron chi connectivity index (χ0n) is 13.3. The lowest BCUT2D eigenvalue weighted by atomic mass is 10.2. The van der Waals surface area contributed by atoms with Crippen molar-refractivity contribution in [3.63, 3.8) is 0 Å². The molecule has 0 saturated carbocycles. The summed E-state index contributed by atoms with van der Waals surface area (Å²) in [5, 5.41) is 6.00. The van der Waals surface area contributed by atoms with Gasteiger partial charge >= 0.3 is 0 Å². The number of furan rings is 1. The Morgan fingerprint density at radius 2 is 1.92 bits per heavy atom. The van der Waals surface area contributed by atoms with E-state index in [-0.39, 0.29) is 5.91 Å². The average Bonchev–Trinajstić information content (AvgIpc) is 3.12. The summed E-state index contributed by atoms with van der Waals surface area (Å²) >= 11 is 0. The van der Waals surface area contributed by atoms with Crippen LogP contribution >= 0.6 is 0 Å². The minimum atomic E-state index is -0.264. The number of nitrogens with one attached hydrogen (secondary N) is 2. The first-order chi connectivity index (χ1) is 11.7. The molecule has 0 aliphatic heterocycles. The summed E-state index contributed by atoms with van der Waals surface area (Å²) in [6, 6.07) is 15.2. The van der Waals surface area contributed by atoms with Crippen molar-refractivity contribution in [1.29, 1.82) is 0 Å². The number of hydrogen-bond acceptors (Lipinski definition) is 5. The van der Waals surface area contributed by atoms with Crippen molar-refractivity contribution in [1.82, 2.24) is 15.3 Å². The van der Waals surface area contributed by atoms with Gasteiger partial charge in [-0.15, -0.1) is 0 Å². The van der Waals surface area contributed by atoms with Crippen LogP contribution in [-0.4, -0.2) is 15.9 Å². The third-order valence-corrected chi connectivity index (χ3v) is 3.39. The normalized spacial score (nSPS) is 10.4. The molecule has 2 aromatic heterocycles. The van der Waals surface area contributed by atoms with E-state index in [2.05, 4.69) is 20.6 Å². The summed E-state index contributed by atoms with van der Waals surface area (Å²) < 4.78 is 5.19. The fraction of sp³-hybridized carbons (Fsp3) is 0.167. The molecule has 0 bridgehead atoms. The fourth-order valence-corrected chi connectivity index (χ4v) is 2.23. The number of anilines is 1. The molecule has 122 valence electrons. The van der Waals surface area contributed by atoms with Crippen molar-refractivity contribution in [3.05, 3.63) is 77.6 Å². The molecule has 0 spiro atoms. The molecule has 0 saturated heterocycles. The van der Waals surface area contributed by atoms with Gasteiger partial charge in [0.05, 0.1) is 12.8 Å². The van der Waals surface area contributed by atoms with Crippen molar-refractivity contribution >= 4 is 11.7 Å². The Hall–Kier alpha value is -3.15. The van der Waals surface area contributed by atoms with E-state index in [9.17, 15) is 4.79 Å². The Balaban J connectivity index is 1.65. The van der Waals surface area contributed by atoms with Gasteiger partial charge in [-0.3, -0.25) is 4.79 Å². The van der Waals surface area contributed by atoms with E-state index in [1.807, 2.05) is 30.3 Å². The lowest BCUT2D eigenvalue weighted by Gasteiger charge is -2.09. The molecule has 1 amide bonds. The van der Waals surface area contributed by atoms with Crippen LogP contribution in [0.4, 0.5) is 5.82 Å². The number of benzene rings is 1. The van der Waals surface area contributed by atoms with Crippen molar-refractivity contribution in [2.24, 2.45) is 0 Å². The number of carbonyl (C=O) groups excluding carboxylic acids is 1. The maximum atomic E-state index is 12.2. The minimum absolute atomic E-state index is 0.264. The van der Waals surface area contributed by atoms with Gasteiger partial charge in [-0.1, -0.05) is 30.3 Å². The zero-order valence-corrected chi connectivity index (χ0v) is 13.3. The van der Waals surface area contributed by atoms with Gasteiger partial charge < -0.3 is 15.1 Å². The smallest absolute Gasteiger partial charge is 0.270 e. The summed E-state index contributed by atoms with van der Waals surface area (Å²) in [4.78, 5) is 20.8. The molecule has 0 radical (unpaired) electrons. The molecule has 0 aliphatic carbocycles. The number of carbonyl (C=O) groups is 1. The molecular formula is C18H18N4O2. The Morgan fingerprint density at radius 3 is 2.67 bits per heavy atom. The molecule has 6 heteroatoms. The topological polar surface area (TPSA) is 80.0 Å². The Bertz CT molecular complexity index is 801. The van der Waals surface area contributed by atoms with Crippen LogP contribution < -0.4 is 10.6 Å². The second-order valence-electron chi connectivity index (χ2n) is 5.29. The zero-order chi connectivity index (χ0) is 16.8. The molecule has 3 aromatic rings. The summed E-state index contributed by atoms with van der Waals surface area (Å²) in [5.41, 5.74) is 1.46. The van der Waals surface area contributed by atoms with E-state index in [4.69, 9.17) is 4.42 Å². The first-order valence-electron chi connectivity index (χ1n) is 7.65. The Labute approximate surface area is 140 Å². The van der Waals surface area contributed by atoms with Crippen LogP contribution in [0, 0.1) is 6.92 Å². The van der Waals surface area contributed by atoms with Gasteiger partial charge in [0.2, 0.25) is 0 Å². The van der Waals surface area contributed by atoms with Gasteiger partial charge in [0, 0.05) is 12.6 Å². The van der Waals surface area contributed by atoms with Crippen LogP contribution in [0.1, 0.15) is 27.6 Å². The highest BCUT2D eigenvalue weighted by Gasteiger charge is 2.11. The third-order valence-electron chi connectivity index (χ3n) is 3.39. The quantitative estimate of drug-likeness (QED) is 0.729. The standard InChI is InChI=1S/C18H18N4O2/c1-13-21-16(18(23)20-12-15-8-5-9-24-15)10-17(22-13)19-11-14-6-3-2-4-7-14/h2-10H,11-12H2,1H3,(H,20,23)(H,19,21,22). The SMILES string of the molecule is Cc1nc(NCc2ccccc2)cc(C(=O)NCc2ccco2)n1. The largest absolute Gasteiger partial charge is 0.467 e. The second-order valence-corrected chi connectivity index (χ2v) is 5.29. The number of hydrogen-bond donors (Lipinski definition) is 2. The fourth-order valence-electron chi connectivity index (χ4n) is 2.23. The van der Waals surface area contributed by atoms with Crippen molar-refractivity contribution < 1.29 is 9.21 Å². The lowest BCUT2D eigenvalue weighted by Crippen LogP contribution is -2.24. The van der Waals surface area contributed by atoms with Crippen LogP contribution in [-0.2, 0) is 13.1 Å². The van der Waals surface area contributed by atoms with E-state index >= 15 is 0 Å². The van der Waals surface area contributed by atoms with Crippen molar-refractivity contribution in [3.8, 4) is 0 Å². The molecule has 6 nitrogen and oxygen atoms in total. The molecular weight excluding hydrogens is 304 g/mol. The number of aryl methyl sites for hydroxylation is 1. The van der Waals surface area contributed by atoms with E-state index < -0.39 is 0 Å². The molecule has 3 rings (SSSR count). The highest BCUT2D eigenvalue weighted by Crippen LogP contribution is 2.09. The number of rotatable bonds is 6. The molecule has 2 N–H and O–H groups in total. The van der Waals surface area contributed by atoms with E-state index in [0.717, 1.165) is 5.56 Å². The average molecular weight is 322 g/mol. The summed E-state index contributed by atoms with van der Waals surface area (Å²) in [7, 11) is 0.